The van der Waals surface area contributed by atoms with E-state index in [0.717, 1.165) is 18.7 Å². The molecule has 0 spiro atoms. The van der Waals surface area contributed by atoms with Gasteiger partial charge in [-0.25, -0.2) is 4.98 Å². The summed E-state index contributed by atoms with van der Waals surface area (Å²) in [5, 5.41) is 8.46. The number of carbonyl (C=O) groups excluding carboxylic acids is 2. The van der Waals surface area contributed by atoms with E-state index in [1.54, 1.807) is 12.3 Å². The lowest BCUT2D eigenvalue weighted by Crippen LogP contribution is -2.33. The van der Waals surface area contributed by atoms with Gasteiger partial charge in [-0.2, -0.15) is 0 Å². The second-order valence-corrected chi connectivity index (χ2v) is 4.10. The first kappa shape index (κ1) is 14.9. The van der Waals surface area contributed by atoms with Crippen molar-refractivity contribution in [2.75, 3.05) is 25.0 Å². The number of carbonyl (C=O) groups is 2. The Balaban J connectivity index is 2.37. The SMILES string of the molecule is CCCNc1ccc(C(=O)NCCNC(C)=O)nc1. The average molecular weight is 264 g/mol. The molecule has 0 saturated heterocycles. The van der Waals surface area contributed by atoms with Crippen molar-refractivity contribution in [3.8, 4) is 0 Å². The molecule has 0 aliphatic rings. The van der Waals surface area contributed by atoms with Crippen molar-refractivity contribution in [2.45, 2.75) is 20.3 Å². The van der Waals surface area contributed by atoms with Crippen LogP contribution < -0.4 is 16.0 Å². The molecule has 6 nitrogen and oxygen atoms in total. The summed E-state index contributed by atoms with van der Waals surface area (Å²) in [7, 11) is 0. The van der Waals surface area contributed by atoms with Crippen molar-refractivity contribution in [2.24, 2.45) is 0 Å². The Morgan fingerprint density at radius 2 is 1.89 bits per heavy atom. The van der Waals surface area contributed by atoms with E-state index in [1.165, 1.54) is 6.92 Å². The summed E-state index contributed by atoms with van der Waals surface area (Å²) in [4.78, 5) is 26.4. The van der Waals surface area contributed by atoms with Gasteiger partial charge in [-0.15, -0.1) is 0 Å². The Morgan fingerprint density at radius 3 is 2.47 bits per heavy atom. The Labute approximate surface area is 113 Å². The molecule has 2 amide bonds. The second kappa shape index (κ2) is 8.07. The van der Waals surface area contributed by atoms with Gasteiger partial charge in [0, 0.05) is 26.6 Å². The van der Waals surface area contributed by atoms with Crippen molar-refractivity contribution in [1.29, 1.82) is 0 Å². The van der Waals surface area contributed by atoms with E-state index in [9.17, 15) is 9.59 Å². The highest BCUT2D eigenvalue weighted by atomic mass is 16.2. The van der Waals surface area contributed by atoms with Crippen molar-refractivity contribution in [3.63, 3.8) is 0 Å². The minimum atomic E-state index is -0.243. The van der Waals surface area contributed by atoms with Crippen LogP contribution in [0.3, 0.4) is 0 Å². The number of amides is 2. The van der Waals surface area contributed by atoms with Gasteiger partial charge in [0.05, 0.1) is 11.9 Å². The molecule has 1 rings (SSSR count). The molecule has 1 aromatic heterocycles. The van der Waals surface area contributed by atoms with Gasteiger partial charge in [-0.3, -0.25) is 9.59 Å². The van der Waals surface area contributed by atoms with Crippen LogP contribution in [0, 0.1) is 0 Å². The molecule has 19 heavy (non-hydrogen) atoms. The molecule has 0 saturated carbocycles. The first-order valence-corrected chi connectivity index (χ1v) is 6.36. The van der Waals surface area contributed by atoms with E-state index < -0.39 is 0 Å². The van der Waals surface area contributed by atoms with Crippen molar-refractivity contribution < 1.29 is 9.59 Å². The summed E-state index contributed by atoms with van der Waals surface area (Å²) in [6.45, 7) is 5.19. The first-order valence-electron chi connectivity index (χ1n) is 6.36. The molecule has 0 unspecified atom stereocenters. The monoisotopic (exact) mass is 264 g/mol. The minimum Gasteiger partial charge on any atom is -0.384 e. The standard InChI is InChI=1S/C13H20N4O2/c1-3-6-15-11-4-5-12(17-9-11)13(19)16-8-7-14-10(2)18/h4-5,9,15H,3,6-8H2,1-2H3,(H,14,18)(H,16,19). The Hall–Kier alpha value is -2.11. The maximum atomic E-state index is 11.7. The molecular formula is C13H20N4O2. The van der Waals surface area contributed by atoms with Gasteiger partial charge in [-0.05, 0) is 18.6 Å². The number of anilines is 1. The summed E-state index contributed by atoms with van der Waals surface area (Å²) in [6.07, 6.45) is 2.67. The van der Waals surface area contributed by atoms with Crippen molar-refractivity contribution >= 4 is 17.5 Å². The predicted octanol–water partition coefficient (Wildman–Crippen LogP) is 0.769. The highest BCUT2D eigenvalue weighted by Gasteiger charge is 2.06. The molecule has 1 aromatic rings. The van der Waals surface area contributed by atoms with E-state index in [1.807, 2.05) is 6.07 Å². The lowest BCUT2D eigenvalue weighted by atomic mass is 10.3. The molecule has 3 N–H and O–H groups in total. The van der Waals surface area contributed by atoms with E-state index in [2.05, 4.69) is 27.9 Å². The zero-order chi connectivity index (χ0) is 14.1. The number of hydrogen-bond acceptors (Lipinski definition) is 4. The number of hydrogen-bond donors (Lipinski definition) is 3. The maximum Gasteiger partial charge on any atom is 0.269 e. The smallest absolute Gasteiger partial charge is 0.269 e. The van der Waals surface area contributed by atoms with Gasteiger partial charge in [0.1, 0.15) is 5.69 Å². The minimum absolute atomic E-state index is 0.112. The molecule has 104 valence electrons. The molecule has 0 aliphatic heterocycles. The Kier molecular flexibility index (Phi) is 6.35. The normalized spacial score (nSPS) is 9.79. The van der Waals surface area contributed by atoms with Gasteiger partial charge in [-0.1, -0.05) is 6.92 Å². The highest BCUT2D eigenvalue weighted by molar-refractivity contribution is 5.92. The summed E-state index contributed by atoms with van der Waals surface area (Å²) >= 11 is 0. The molecule has 0 aromatic carbocycles. The highest BCUT2D eigenvalue weighted by Crippen LogP contribution is 2.05. The average Bonchev–Trinajstić information content (AvgIpc) is 2.41. The third-order valence-corrected chi connectivity index (χ3v) is 2.36. The zero-order valence-corrected chi connectivity index (χ0v) is 11.3. The molecule has 6 heteroatoms. The van der Waals surface area contributed by atoms with Crippen LogP contribution in [0.25, 0.3) is 0 Å². The van der Waals surface area contributed by atoms with E-state index in [0.29, 0.717) is 18.8 Å². The largest absolute Gasteiger partial charge is 0.384 e. The molecule has 0 radical (unpaired) electrons. The lowest BCUT2D eigenvalue weighted by Gasteiger charge is -2.07. The fourth-order valence-corrected chi connectivity index (χ4v) is 1.41. The number of aromatic nitrogens is 1. The Bertz CT molecular complexity index is 417. The molecule has 0 aliphatic carbocycles. The predicted molar refractivity (Wildman–Crippen MR) is 74.0 cm³/mol. The summed E-state index contributed by atoms with van der Waals surface area (Å²) in [6, 6.07) is 3.50. The van der Waals surface area contributed by atoms with Crippen LogP contribution in [0.2, 0.25) is 0 Å². The fourth-order valence-electron chi connectivity index (χ4n) is 1.41. The fraction of sp³-hybridized carbons (Fsp3) is 0.462. The summed E-state index contributed by atoms with van der Waals surface area (Å²) in [5.74, 6) is -0.355. The van der Waals surface area contributed by atoms with Crippen LogP contribution in [0.1, 0.15) is 30.8 Å². The van der Waals surface area contributed by atoms with Crippen LogP contribution in [0.15, 0.2) is 18.3 Å². The van der Waals surface area contributed by atoms with Crippen LogP contribution in [0.5, 0.6) is 0 Å². The molecule has 1 heterocycles. The molecular weight excluding hydrogens is 244 g/mol. The topological polar surface area (TPSA) is 83.1 Å². The van der Waals surface area contributed by atoms with Crippen LogP contribution in [0.4, 0.5) is 5.69 Å². The van der Waals surface area contributed by atoms with Crippen LogP contribution in [-0.2, 0) is 4.79 Å². The zero-order valence-electron chi connectivity index (χ0n) is 11.3. The van der Waals surface area contributed by atoms with Crippen molar-refractivity contribution in [1.82, 2.24) is 15.6 Å². The van der Waals surface area contributed by atoms with Crippen molar-refractivity contribution in [3.05, 3.63) is 24.0 Å². The molecule has 0 fully saturated rings. The van der Waals surface area contributed by atoms with Crippen LogP contribution >= 0.6 is 0 Å². The second-order valence-electron chi connectivity index (χ2n) is 4.10. The molecule has 0 atom stereocenters. The van der Waals surface area contributed by atoms with Gasteiger partial charge in [0.25, 0.3) is 5.91 Å². The summed E-state index contributed by atoms with van der Waals surface area (Å²) < 4.78 is 0. The number of nitrogens with zero attached hydrogens (tertiary/aromatic N) is 1. The number of pyridine rings is 1. The quantitative estimate of drug-likeness (QED) is 0.635. The van der Waals surface area contributed by atoms with Gasteiger partial charge < -0.3 is 16.0 Å². The number of rotatable bonds is 7. The third-order valence-electron chi connectivity index (χ3n) is 2.36. The van der Waals surface area contributed by atoms with E-state index >= 15 is 0 Å². The van der Waals surface area contributed by atoms with Gasteiger partial charge in [0.15, 0.2) is 0 Å². The van der Waals surface area contributed by atoms with E-state index in [4.69, 9.17) is 0 Å². The lowest BCUT2D eigenvalue weighted by molar-refractivity contribution is -0.118. The maximum absolute atomic E-state index is 11.7. The Morgan fingerprint density at radius 1 is 1.16 bits per heavy atom. The third kappa shape index (κ3) is 5.85. The number of nitrogens with one attached hydrogen (secondary N) is 3. The van der Waals surface area contributed by atoms with Crippen LogP contribution in [-0.4, -0.2) is 36.4 Å². The molecule has 0 bridgehead atoms. The van der Waals surface area contributed by atoms with Gasteiger partial charge in [0.2, 0.25) is 5.91 Å². The first-order chi connectivity index (χ1) is 9.13. The summed E-state index contributed by atoms with van der Waals surface area (Å²) in [5.41, 5.74) is 1.27. The van der Waals surface area contributed by atoms with Gasteiger partial charge >= 0.3 is 0 Å². The van der Waals surface area contributed by atoms with E-state index in [-0.39, 0.29) is 11.8 Å².